The molecular weight excluding hydrogens is 837 g/mol. The zero-order valence-electron chi connectivity index (χ0n) is 35.0. The first-order valence-corrected chi connectivity index (χ1v) is 21.9. The molecule has 0 bridgehead atoms. The molecule has 4 fully saturated rings. The molecule has 2 atom stereocenters. The molecule has 3 aromatic carbocycles. The monoisotopic (exact) mass is 885 g/mol. The van der Waals surface area contributed by atoms with Crippen LogP contribution in [0.3, 0.4) is 0 Å². The molecule has 16 nitrogen and oxygen atoms in total. The Balaban J connectivity index is 0.849. The largest absolute Gasteiger partial charge is 0.453 e. The minimum Gasteiger partial charge on any atom is -0.453 e. The standard InChI is InChI=1S/C44H49F2N9O7S/c1-3-52(2)63-51-35-8-6-32(45)40(31(35)24-47)62-29-5-7-34-30(21-29)42(59)55(26-48-34)28-22-44(61-25-28)14-18-54(19-15-44)39(57)23-43(60)12-16-53(17-13-43)37-10-4-27(20-33(37)46)49-36-9-11-38(56)50-41(36)58/h4-8,10,20-21,26,28,36,49,51,60H,3,9,11-19,22-23,25H2,1-2H3,(H,50,56,58). The summed E-state index contributed by atoms with van der Waals surface area (Å²) in [5, 5.41) is 26.9. The van der Waals surface area contributed by atoms with E-state index in [4.69, 9.17) is 9.47 Å². The van der Waals surface area contributed by atoms with Crippen molar-refractivity contribution in [3.63, 3.8) is 0 Å². The summed E-state index contributed by atoms with van der Waals surface area (Å²) in [4.78, 5) is 59.2. The molecule has 0 radical (unpaired) electrons. The van der Waals surface area contributed by atoms with Crippen LogP contribution < -0.4 is 30.6 Å². The van der Waals surface area contributed by atoms with Gasteiger partial charge in [-0.3, -0.25) is 29.1 Å². The number of halogens is 2. The molecule has 63 heavy (non-hydrogen) atoms. The van der Waals surface area contributed by atoms with Crippen molar-refractivity contribution in [3.8, 4) is 17.6 Å². The maximum atomic E-state index is 15.3. The van der Waals surface area contributed by atoms with Crippen molar-refractivity contribution in [3.05, 3.63) is 82.4 Å². The first kappa shape index (κ1) is 43.8. The average Bonchev–Trinajstić information content (AvgIpc) is 3.68. The van der Waals surface area contributed by atoms with Crippen LogP contribution >= 0.6 is 12.1 Å². The lowest BCUT2D eigenvalue weighted by atomic mass is 9.85. The van der Waals surface area contributed by atoms with Gasteiger partial charge in [0.05, 0.1) is 58.9 Å². The summed E-state index contributed by atoms with van der Waals surface area (Å²) in [6.45, 7) is 4.52. The van der Waals surface area contributed by atoms with Crippen LogP contribution in [0.2, 0.25) is 0 Å². The van der Waals surface area contributed by atoms with Gasteiger partial charge in [0.1, 0.15) is 29.2 Å². The molecule has 8 rings (SSSR count). The molecule has 0 saturated carbocycles. The molecule has 19 heteroatoms. The molecule has 4 saturated heterocycles. The summed E-state index contributed by atoms with van der Waals surface area (Å²) >= 11 is 1.26. The number of fused-ring (bicyclic) bond motifs is 1. The van der Waals surface area contributed by atoms with E-state index in [9.17, 15) is 29.5 Å². The van der Waals surface area contributed by atoms with Gasteiger partial charge in [0, 0.05) is 57.0 Å². The Bertz CT molecular complexity index is 2520. The number of benzene rings is 3. The third kappa shape index (κ3) is 9.44. The van der Waals surface area contributed by atoms with Gasteiger partial charge in [-0.1, -0.05) is 6.92 Å². The first-order chi connectivity index (χ1) is 30.3. The molecule has 4 aliphatic rings. The number of nitrogens with zero attached hydrogens (tertiary/aromatic N) is 6. The highest BCUT2D eigenvalue weighted by atomic mass is 32.2. The number of anilines is 3. The zero-order valence-corrected chi connectivity index (χ0v) is 35.8. The third-order valence-corrected chi connectivity index (χ3v) is 13.5. The molecule has 1 spiro atoms. The highest BCUT2D eigenvalue weighted by Crippen LogP contribution is 2.41. The second-order valence-corrected chi connectivity index (χ2v) is 17.7. The summed E-state index contributed by atoms with van der Waals surface area (Å²) in [5.41, 5.74) is -0.537. The molecule has 4 N–H and O–H groups in total. The van der Waals surface area contributed by atoms with Gasteiger partial charge in [-0.05, 0) is 94.1 Å². The fourth-order valence-corrected chi connectivity index (χ4v) is 9.29. The number of imide groups is 1. The lowest BCUT2D eigenvalue weighted by Crippen LogP contribution is -2.51. The van der Waals surface area contributed by atoms with Crippen molar-refractivity contribution in [1.82, 2.24) is 24.1 Å². The number of piperidine rings is 3. The summed E-state index contributed by atoms with van der Waals surface area (Å²) in [7, 11) is 1.87. The lowest BCUT2D eigenvalue weighted by molar-refractivity contribution is -0.142. The van der Waals surface area contributed by atoms with Crippen molar-refractivity contribution >= 4 is 57.8 Å². The van der Waals surface area contributed by atoms with Gasteiger partial charge in [-0.15, -0.1) is 0 Å². The number of ether oxygens (including phenoxy) is 2. The SMILES string of the molecule is CCN(C)SNc1ccc(F)c(Oc2ccc3ncn(C4COC5(CCN(C(=O)CC6(O)CCN(c7ccc(NC8CCC(=O)NC8=O)cc7F)CC6)CC5)C4)c(=O)c3c2)c1C#N. The van der Waals surface area contributed by atoms with E-state index in [1.807, 2.05) is 29.2 Å². The number of nitriles is 1. The van der Waals surface area contributed by atoms with Gasteiger partial charge in [0.25, 0.3) is 5.56 Å². The maximum Gasteiger partial charge on any atom is 0.261 e. The molecule has 4 aliphatic heterocycles. The second kappa shape index (κ2) is 18.1. The Morgan fingerprint density at radius 2 is 1.86 bits per heavy atom. The van der Waals surface area contributed by atoms with Gasteiger partial charge in [-0.2, -0.15) is 5.26 Å². The predicted molar refractivity (Wildman–Crippen MR) is 232 cm³/mol. The Morgan fingerprint density at radius 1 is 1.08 bits per heavy atom. The summed E-state index contributed by atoms with van der Waals surface area (Å²) in [6.07, 6.45) is 4.16. The molecule has 3 amide bonds. The van der Waals surface area contributed by atoms with Crippen LogP contribution in [-0.4, -0.2) is 105 Å². The first-order valence-electron chi connectivity index (χ1n) is 21.1. The number of carbonyl (C=O) groups is 3. The minimum absolute atomic E-state index is 0.0185. The topological polar surface area (TPSA) is 194 Å². The van der Waals surface area contributed by atoms with Crippen LogP contribution in [0.15, 0.2) is 59.7 Å². The van der Waals surface area contributed by atoms with Crippen LogP contribution in [0.4, 0.5) is 25.8 Å². The zero-order chi connectivity index (χ0) is 44.5. The van der Waals surface area contributed by atoms with E-state index >= 15 is 8.78 Å². The predicted octanol–water partition coefficient (Wildman–Crippen LogP) is 5.23. The number of nitrogens with one attached hydrogen (secondary N) is 3. The Morgan fingerprint density at radius 3 is 2.57 bits per heavy atom. The van der Waals surface area contributed by atoms with Crippen molar-refractivity contribution in [2.24, 2.45) is 0 Å². The molecule has 0 aliphatic carbocycles. The van der Waals surface area contributed by atoms with E-state index in [2.05, 4.69) is 20.3 Å². The van der Waals surface area contributed by atoms with E-state index < -0.39 is 34.8 Å². The highest BCUT2D eigenvalue weighted by molar-refractivity contribution is 7.98. The van der Waals surface area contributed by atoms with E-state index in [-0.39, 0.29) is 78.2 Å². The molecule has 2 unspecified atom stereocenters. The minimum atomic E-state index is -1.24. The highest BCUT2D eigenvalue weighted by Gasteiger charge is 2.45. The van der Waals surface area contributed by atoms with Crippen molar-refractivity contribution < 1.29 is 37.7 Å². The van der Waals surface area contributed by atoms with Crippen molar-refractivity contribution in [2.75, 3.05) is 61.3 Å². The quantitative estimate of drug-likeness (QED) is 0.107. The van der Waals surface area contributed by atoms with Crippen molar-refractivity contribution in [1.29, 1.82) is 5.26 Å². The number of likely N-dealkylation sites (tertiary alicyclic amines) is 1. The van der Waals surface area contributed by atoms with Crippen molar-refractivity contribution in [2.45, 2.75) is 81.6 Å². The van der Waals surface area contributed by atoms with E-state index in [1.165, 1.54) is 42.7 Å². The fraction of sp³-hybridized carbons (Fsp3) is 0.455. The third-order valence-electron chi connectivity index (χ3n) is 12.6. The van der Waals surface area contributed by atoms with Gasteiger partial charge < -0.3 is 34.4 Å². The lowest BCUT2D eigenvalue weighted by Gasteiger charge is -2.42. The van der Waals surface area contributed by atoms with Crippen LogP contribution in [0.25, 0.3) is 10.9 Å². The number of aromatic nitrogens is 2. The average molecular weight is 886 g/mol. The fourth-order valence-electron chi connectivity index (χ4n) is 8.73. The maximum absolute atomic E-state index is 15.3. The van der Waals surface area contributed by atoms with Gasteiger partial charge in [0.15, 0.2) is 11.6 Å². The van der Waals surface area contributed by atoms with Crippen LogP contribution in [-0.2, 0) is 19.1 Å². The summed E-state index contributed by atoms with van der Waals surface area (Å²) in [5.74, 6) is -2.24. The molecular formula is C44H49F2N9O7S. The molecule has 332 valence electrons. The summed E-state index contributed by atoms with van der Waals surface area (Å²) < 4.78 is 49.1. The smallest absolute Gasteiger partial charge is 0.261 e. The van der Waals surface area contributed by atoms with Gasteiger partial charge in [-0.25, -0.2) is 18.1 Å². The van der Waals surface area contributed by atoms with Crippen LogP contribution in [0, 0.1) is 23.0 Å². The van der Waals surface area contributed by atoms with E-state index in [0.717, 1.165) is 6.54 Å². The Kier molecular flexibility index (Phi) is 12.6. The normalized spacial score (nSPS) is 20.8. The van der Waals surface area contributed by atoms with E-state index in [0.29, 0.717) is 74.4 Å². The Hall–Kier alpha value is -5.81. The summed E-state index contributed by atoms with van der Waals surface area (Å²) in [6, 6.07) is 13.1. The Labute approximate surface area is 366 Å². The van der Waals surface area contributed by atoms with Crippen LogP contribution in [0.5, 0.6) is 11.5 Å². The number of aliphatic hydroxyl groups is 1. The number of rotatable bonds is 12. The van der Waals surface area contributed by atoms with Crippen LogP contribution in [0.1, 0.15) is 69.9 Å². The van der Waals surface area contributed by atoms with Gasteiger partial charge >= 0.3 is 0 Å². The molecule has 5 heterocycles. The molecule has 4 aromatic rings. The number of amides is 3. The molecule has 1 aromatic heterocycles. The van der Waals surface area contributed by atoms with E-state index in [1.54, 1.807) is 33.7 Å². The number of hydrogen-bond acceptors (Lipinski definition) is 14. The number of hydrogen-bond donors (Lipinski definition) is 4. The number of carbonyl (C=O) groups excluding carboxylic acids is 3. The second-order valence-electron chi connectivity index (χ2n) is 16.7. The van der Waals surface area contributed by atoms with Gasteiger partial charge in [0.2, 0.25) is 17.7 Å².